The monoisotopic (exact) mass is 550 g/mol. The van der Waals surface area contributed by atoms with Gasteiger partial charge in [0.15, 0.2) is 5.76 Å². The minimum absolute atomic E-state index is 0.0781. The number of nitrogens with zero attached hydrogens (tertiary/aromatic N) is 1. The summed E-state index contributed by atoms with van der Waals surface area (Å²) in [7, 11) is 0. The molecular formula is C32H30N4O5. The van der Waals surface area contributed by atoms with Crippen LogP contribution in [-0.4, -0.2) is 45.1 Å². The van der Waals surface area contributed by atoms with Gasteiger partial charge < -0.3 is 25.2 Å². The van der Waals surface area contributed by atoms with E-state index in [2.05, 4.69) is 20.8 Å². The number of aliphatic carboxylic acids is 1. The Morgan fingerprint density at radius 1 is 0.902 bits per heavy atom. The Labute approximate surface area is 236 Å². The number of fused-ring (bicyclic) bond motifs is 1. The highest BCUT2D eigenvalue weighted by Gasteiger charge is 2.28. The van der Waals surface area contributed by atoms with E-state index in [1.54, 1.807) is 30.6 Å². The number of aromatic nitrogens is 2. The highest BCUT2D eigenvalue weighted by Crippen LogP contribution is 2.21. The normalized spacial score (nSPS) is 12.5. The lowest BCUT2D eigenvalue weighted by Gasteiger charge is -2.22. The summed E-state index contributed by atoms with van der Waals surface area (Å²) < 4.78 is 5.21. The van der Waals surface area contributed by atoms with Crippen LogP contribution in [0.15, 0.2) is 89.7 Å². The highest BCUT2D eigenvalue weighted by molar-refractivity contribution is 5.98. The number of carboxylic acids is 1. The summed E-state index contributed by atoms with van der Waals surface area (Å²) in [6.07, 6.45) is 3.54. The summed E-state index contributed by atoms with van der Waals surface area (Å²) in [4.78, 5) is 42.2. The van der Waals surface area contributed by atoms with Gasteiger partial charge in [0.25, 0.3) is 5.91 Å². The second-order valence-electron chi connectivity index (χ2n) is 10.1. The second kappa shape index (κ2) is 11.9. The molecule has 0 aliphatic heterocycles. The van der Waals surface area contributed by atoms with Gasteiger partial charge in [-0.2, -0.15) is 0 Å². The van der Waals surface area contributed by atoms with Crippen molar-refractivity contribution < 1.29 is 24.0 Å². The first-order valence-corrected chi connectivity index (χ1v) is 13.2. The van der Waals surface area contributed by atoms with Gasteiger partial charge in [-0.15, -0.1) is 0 Å². The summed E-state index contributed by atoms with van der Waals surface area (Å²) in [6, 6.07) is 19.9. The van der Waals surface area contributed by atoms with Gasteiger partial charge in [-0.25, -0.2) is 4.79 Å². The fourth-order valence-corrected chi connectivity index (χ4v) is 4.95. The molecule has 9 heteroatoms. The first kappa shape index (κ1) is 27.4. The van der Waals surface area contributed by atoms with Crippen LogP contribution in [0.25, 0.3) is 22.2 Å². The lowest BCUT2D eigenvalue weighted by Crippen LogP contribution is -2.53. The number of aryl methyl sites for hydroxylation is 2. The third kappa shape index (κ3) is 6.52. The van der Waals surface area contributed by atoms with Crippen molar-refractivity contribution in [1.29, 1.82) is 0 Å². The zero-order chi connectivity index (χ0) is 28.9. The fourth-order valence-electron chi connectivity index (χ4n) is 4.95. The summed E-state index contributed by atoms with van der Waals surface area (Å²) in [5.41, 5.74) is 5.51. The standard InChI is InChI=1S/C32H30N4O5/c1-19-13-20(2)15-23(14-19)30(37)35-27(16-21-7-9-22(10-8-21)29-11-12-34-41-29)31(38)36-28(32(39)40)17-24-18-33-26-6-4-3-5-25(24)26/h3-15,18,27-28,33H,16-17H2,1-2H3,(H,35,37)(H,36,38)(H,39,40)/t27-,28-/m0/s1. The Bertz CT molecular complexity index is 1670. The molecule has 9 nitrogen and oxygen atoms in total. The number of hydrogen-bond donors (Lipinski definition) is 4. The van der Waals surface area contributed by atoms with Crippen molar-refractivity contribution in [2.45, 2.75) is 38.8 Å². The van der Waals surface area contributed by atoms with Crippen LogP contribution in [0.4, 0.5) is 0 Å². The molecule has 0 bridgehead atoms. The summed E-state index contributed by atoms with van der Waals surface area (Å²) in [5, 5.41) is 20.1. The van der Waals surface area contributed by atoms with Crippen molar-refractivity contribution in [3.63, 3.8) is 0 Å². The van der Waals surface area contributed by atoms with Crippen LogP contribution < -0.4 is 10.6 Å². The molecule has 4 N–H and O–H groups in total. The minimum Gasteiger partial charge on any atom is -0.480 e. The third-order valence-corrected chi connectivity index (χ3v) is 6.94. The maximum absolute atomic E-state index is 13.6. The first-order chi connectivity index (χ1) is 19.8. The summed E-state index contributed by atoms with van der Waals surface area (Å²) in [6.45, 7) is 3.79. The van der Waals surface area contributed by atoms with Gasteiger partial charge in [-0.3, -0.25) is 9.59 Å². The molecule has 208 valence electrons. The zero-order valence-corrected chi connectivity index (χ0v) is 22.7. The Kier molecular flexibility index (Phi) is 7.96. The molecule has 5 aromatic rings. The van der Waals surface area contributed by atoms with Gasteiger partial charge >= 0.3 is 5.97 Å². The van der Waals surface area contributed by atoms with E-state index < -0.39 is 29.9 Å². The number of rotatable bonds is 10. The molecule has 0 saturated heterocycles. The molecule has 0 fully saturated rings. The van der Waals surface area contributed by atoms with E-state index >= 15 is 0 Å². The topological polar surface area (TPSA) is 137 Å². The maximum Gasteiger partial charge on any atom is 0.326 e. The van der Waals surface area contributed by atoms with Crippen LogP contribution in [0.2, 0.25) is 0 Å². The van der Waals surface area contributed by atoms with Crippen molar-refractivity contribution in [1.82, 2.24) is 20.8 Å². The predicted molar refractivity (Wildman–Crippen MR) is 154 cm³/mol. The van der Waals surface area contributed by atoms with Crippen molar-refractivity contribution >= 4 is 28.7 Å². The van der Waals surface area contributed by atoms with Gasteiger partial charge in [0.05, 0.1) is 6.20 Å². The highest BCUT2D eigenvalue weighted by atomic mass is 16.5. The number of carbonyl (C=O) groups is 3. The molecule has 0 aliphatic carbocycles. The number of benzene rings is 3. The molecule has 0 saturated carbocycles. The number of amides is 2. The quantitative estimate of drug-likeness (QED) is 0.201. The van der Waals surface area contributed by atoms with Crippen LogP contribution in [-0.2, 0) is 22.4 Å². The number of para-hydroxylation sites is 1. The van der Waals surface area contributed by atoms with Gasteiger partial charge in [0.2, 0.25) is 5.91 Å². The number of carboxylic acid groups (broad SMARTS) is 1. The zero-order valence-electron chi connectivity index (χ0n) is 22.7. The molecular weight excluding hydrogens is 520 g/mol. The molecule has 2 atom stereocenters. The Morgan fingerprint density at radius 2 is 1.63 bits per heavy atom. The molecule has 0 aliphatic rings. The van der Waals surface area contributed by atoms with E-state index in [9.17, 15) is 19.5 Å². The average Bonchev–Trinajstić information content (AvgIpc) is 3.63. The second-order valence-corrected chi connectivity index (χ2v) is 10.1. The van der Waals surface area contributed by atoms with Crippen LogP contribution in [0.5, 0.6) is 0 Å². The van der Waals surface area contributed by atoms with E-state index in [1.165, 1.54) is 0 Å². The summed E-state index contributed by atoms with van der Waals surface area (Å²) >= 11 is 0. The van der Waals surface area contributed by atoms with Gasteiger partial charge in [-0.1, -0.05) is 64.8 Å². The molecule has 5 rings (SSSR count). The molecule has 2 amide bonds. The van der Waals surface area contributed by atoms with E-state index in [-0.39, 0.29) is 12.8 Å². The third-order valence-electron chi connectivity index (χ3n) is 6.94. The van der Waals surface area contributed by atoms with Crippen LogP contribution in [0, 0.1) is 13.8 Å². The molecule has 0 radical (unpaired) electrons. The van der Waals surface area contributed by atoms with Crippen molar-refractivity contribution in [3.05, 3.63) is 113 Å². The van der Waals surface area contributed by atoms with E-state index in [0.29, 0.717) is 11.3 Å². The Balaban J connectivity index is 1.38. The van der Waals surface area contributed by atoms with E-state index in [1.807, 2.05) is 68.4 Å². The number of aromatic amines is 1. The summed E-state index contributed by atoms with van der Waals surface area (Å²) in [5.74, 6) is -1.57. The Morgan fingerprint density at radius 3 is 2.32 bits per heavy atom. The number of nitrogens with one attached hydrogen (secondary N) is 3. The van der Waals surface area contributed by atoms with Gasteiger partial charge in [0, 0.05) is 47.1 Å². The average molecular weight is 551 g/mol. The van der Waals surface area contributed by atoms with Crippen LogP contribution in [0.1, 0.15) is 32.6 Å². The van der Waals surface area contributed by atoms with Crippen molar-refractivity contribution in [3.8, 4) is 11.3 Å². The van der Waals surface area contributed by atoms with E-state index in [4.69, 9.17) is 4.52 Å². The molecule has 41 heavy (non-hydrogen) atoms. The van der Waals surface area contributed by atoms with Gasteiger partial charge in [-0.05, 0) is 43.2 Å². The van der Waals surface area contributed by atoms with Crippen molar-refractivity contribution in [2.24, 2.45) is 0 Å². The molecule has 0 unspecified atom stereocenters. The van der Waals surface area contributed by atoms with Crippen LogP contribution in [0.3, 0.4) is 0 Å². The predicted octanol–water partition coefficient (Wildman–Crippen LogP) is 4.59. The number of carbonyl (C=O) groups excluding carboxylic acids is 2. The molecule has 2 heterocycles. The van der Waals surface area contributed by atoms with Crippen LogP contribution >= 0.6 is 0 Å². The molecule has 3 aromatic carbocycles. The van der Waals surface area contributed by atoms with E-state index in [0.717, 1.165) is 38.7 Å². The Hall–Kier alpha value is -5.18. The smallest absolute Gasteiger partial charge is 0.326 e. The number of hydrogen-bond acceptors (Lipinski definition) is 5. The number of H-pyrrole nitrogens is 1. The van der Waals surface area contributed by atoms with Crippen molar-refractivity contribution in [2.75, 3.05) is 0 Å². The minimum atomic E-state index is -1.20. The molecule has 0 spiro atoms. The van der Waals surface area contributed by atoms with Gasteiger partial charge in [0.1, 0.15) is 12.1 Å². The molecule has 2 aromatic heterocycles. The fraction of sp³-hybridized carbons (Fsp3) is 0.188. The largest absolute Gasteiger partial charge is 0.480 e. The lowest BCUT2D eigenvalue weighted by molar-refractivity contribution is -0.142. The maximum atomic E-state index is 13.6. The first-order valence-electron chi connectivity index (χ1n) is 13.2. The SMILES string of the molecule is Cc1cc(C)cc(C(=O)N[C@@H](Cc2ccc(-c3ccno3)cc2)C(=O)N[C@@H](Cc2c[nH]c3ccccc23)C(=O)O)c1. The lowest BCUT2D eigenvalue weighted by atomic mass is 10.0.